The molecule has 0 N–H and O–H groups in total. The van der Waals surface area contributed by atoms with Crippen molar-refractivity contribution in [3.8, 4) is 0 Å². The number of hydrogen-bond acceptors (Lipinski definition) is 2. The molecule has 0 saturated heterocycles. The summed E-state index contributed by atoms with van der Waals surface area (Å²) in [5.41, 5.74) is 0.999. The van der Waals surface area contributed by atoms with Crippen molar-refractivity contribution in [3.63, 3.8) is 0 Å². The van der Waals surface area contributed by atoms with Gasteiger partial charge in [-0.1, -0.05) is 0 Å². The van der Waals surface area contributed by atoms with Crippen LogP contribution in [0.15, 0.2) is 16.6 Å². The second-order valence-electron chi connectivity index (χ2n) is 2.85. The number of halogens is 2. The summed E-state index contributed by atoms with van der Waals surface area (Å²) in [6.45, 7) is 2.79. The van der Waals surface area contributed by atoms with E-state index in [1.807, 2.05) is 31.0 Å². The van der Waals surface area contributed by atoms with E-state index in [4.69, 9.17) is 11.6 Å². The maximum Gasteiger partial charge on any atom is 0.128 e. The molecule has 0 radical (unpaired) electrons. The normalized spacial score (nSPS) is 10.2. The van der Waals surface area contributed by atoms with Gasteiger partial charge in [-0.15, -0.1) is 11.6 Å². The van der Waals surface area contributed by atoms with Crippen LogP contribution in [0.3, 0.4) is 0 Å². The van der Waals surface area contributed by atoms with E-state index in [-0.39, 0.29) is 0 Å². The van der Waals surface area contributed by atoms with E-state index in [1.54, 1.807) is 0 Å². The number of pyridine rings is 1. The molecule has 1 rings (SSSR count). The lowest BCUT2D eigenvalue weighted by Gasteiger charge is -2.17. The molecule has 1 aromatic rings. The second kappa shape index (κ2) is 4.82. The molecule has 0 unspecified atom stereocenters. The van der Waals surface area contributed by atoms with Crippen LogP contribution >= 0.6 is 27.5 Å². The third-order valence-electron chi connectivity index (χ3n) is 1.82. The summed E-state index contributed by atoms with van der Waals surface area (Å²) in [6, 6.07) is 3.98. The molecule has 1 aromatic heterocycles. The average Bonchev–Trinajstić information content (AvgIpc) is 2.10. The zero-order valence-corrected chi connectivity index (χ0v) is 10.1. The van der Waals surface area contributed by atoms with Crippen LogP contribution in [-0.4, -0.2) is 24.5 Å². The zero-order valence-electron chi connectivity index (χ0n) is 7.72. The monoisotopic (exact) mass is 262 g/mol. The summed E-state index contributed by atoms with van der Waals surface area (Å²) in [5, 5.41) is 0. The molecule has 0 aliphatic rings. The van der Waals surface area contributed by atoms with Crippen LogP contribution in [0.25, 0.3) is 0 Å². The molecule has 2 nitrogen and oxygen atoms in total. The Hall–Kier alpha value is -0.280. The summed E-state index contributed by atoms with van der Waals surface area (Å²) in [5.74, 6) is 1.58. The zero-order chi connectivity index (χ0) is 9.84. The molecule has 0 amide bonds. The Balaban J connectivity index is 2.84. The van der Waals surface area contributed by atoms with Gasteiger partial charge >= 0.3 is 0 Å². The van der Waals surface area contributed by atoms with E-state index >= 15 is 0 Å². The van der Waals surface area contributed by atoms with E-state index in [0.29, 0.717) is 5.88 Å². The lowest BCUT2D eigenvalue weighted by Crippen LogP contribution is -2.20. The highest BCUT2D eigenvalue weighted by molar-refractivity contribution is 9.10. The summed E-state index contributed by atoms with van der Waals surface area (Å²) in [6.07, 6.45) is 0. The van der Waals surface area contributed by atoms with E-state index in [9.17, 15) is 0 Å². The summed E-state index contributed by atoms with van der Waals surface area (Å²) < 4.78 is 1.04. The minimum atomic E-state index is 0.618. The van der Waals surface area contributed by atoms with Crippen LogP contribution < -0.4 is 4.90 Å². The number of nitrogens with zero attached hydrogens (tertiary/aromatic N) is 2. The number of alkyl halides is 1. The first-order valence-electron chi connectivity index (χ1n) is 4.05. The molecule has 0 bridgehead atoms. The van der Waals surface area contributed by atoms with Gasteiger partial charge in [-0.3, -0.25) is 0 Å². The third-order valence-corrected chi connectivity index (χ3v) is 2.82. The summed E-state index contributed by atoms with van der Waals surface area (Å²) in [4.78, 5) is 6.45. The minimum absolute atomic E-state index is 0.618. The SMILES string of the molecule is Cc1nc(N(C)CCCl)ccc1Br. The molecule has 1 heterocycles. The topological polar surface area (TPSA) is 16.1 Å². The molecule has 0 aromatic carbocycles. The van der Waals surface area contributed by atoms with Crippen molar-refractivity contribution in [3.05, 3.63) is 22.3 Å². The van der Waals surface area contributed by atoms with Gasteiger partial charge in [-0.25, -0.2) is 4.98 Å². The lowest BCUT2D eigenvalue weighted by atomic mass is 10.3. The van der Waals surface area contributed by atoms with Crippen molar-refractivity contribution in [2.75, 3.05) is 24.4 Å². The van der Waals surface area contributed by atoms with Gasteiger partial charge in [0.15, 0.2) is 0 Å². The van der Waals surface area contributed by atoms with Gasteiger partial charge in [0.05, 0.1) is 5.69 Å². The average molecular weight is 264 g/mol. The maximum absolute atomic E-state index is 5.64. The highest BCUT2D eigenvalue weighted by atomic mass is 79.9. The molecular formula is C9H12BrClN2. The van der Waals surface area contributed by atoms with Crippen LogP contribution in [0.1, 0.15) is 5.69 Å². The molecule has 0 saturated carbocycles. The van der Waals surface area contributed by atoms with Crippen LogP contribution in [-0.2, 0) is 0 Å². The van der Waals surface area contributed by atoms with Gasteiger partial charge in [0.1, 0.15) is 5.82 Å². The fraction of sp³-hybridized carbons (Fsp3) is 0.444. The van der Waals surface area contributed by atoms with Crippen LogP contribution in [0, 0.1) is 6.92 Å². The first-order valence-corrected chi connectivity index (χ1v) is 5.38. The van der Waals surface area contributed by atoms with Crippen molar-refractivity contribution in [1.29, 1.82) is 0 Å². The fourth-order valence-electron chi connectivity index (χ4n) is 0.985. The van der Waals surface area contributed by atoms with Gasteiger partial charge in [-0.2, -0.15) is 0 Å². The molecule has 0 aliphatic heterocycles. The molecule has 13 heavy (non-hydrogen) atoms. The number of anilines is 1. The smallest absolute Gasteiger partial charge is 0.128 e. The van der Waals surface area contributed by atoms with Crippen LogP contribution in [0.4, 0.5) is 5.82 Å². The highest BCUT2D eigenvalue weighted by Gasteiger charge is 2.03. The Morgan fingerprint density at radius 1 is 1.54 bits per heavy atom. The number of aromatic nitrogens is 1. The number of rotatable bonds is 3. The minimum Gasteiger partial charge on any atom is -0.358 e. The van der Waals surface area contributed by atoms with Gasteiger partial charge < -0.3 is 4.90 Å². The number of hydrogen-bond donors (Lipinski definition) is 0. The maximum atomic E-state index is 5.64. The van der Waals surface area contributed by atoms with Gasteiger partial charge in [-0.05, 0) is 35.0 Å². The predicted octanol–water partition coefficient (Wildman–Crippen LogP) is 2.83. The first-order chi connectivity index (χ1) is 6.15. The van der Waals surface area contributed by atoms with Crippen molar-refractivity contribution >= 4 is 33.3 Å². The van der Waals surface area contributed by atoms with Crippen molar-refractivity contribution in [1.82, 2.24) is 4.98 Å². The van der Waals surface area contributed by atoms with E-state index < -0.39 is 0 Å². The van der Waals surface area contributed by atoms with E-state index in [2.05, 4.69) is 20.9 Å². The summed E-state index contributed by atoms with van der Waals surface area (Å²) in [7, 11) is 1.98. The first kappa shape index (κ1) is 10.8. The Bertz CT molecular complexity index is 291. The highest BCUT2D eigenvalue weighted by Crippen LogP contribution is 2.17. The third kappa shape index (κ3) is 2.85. The standard InChI is InChI=1S/C9H12BrClN2/c1-7-8(10)3-4-9(12-7)13(2)6-5-11/h3-4H,5-6H2,1-2H3. The Labute approximate surface area is 92.0 Å². The Kier molecular flexibility index (Phi) is 4.00. The molecule has 0 spiro atoms. The molecule has 0 aliphatic carbocycles. The molecule has 0 fully saturated rings. The van der Waals surface area contributed by atoms with Gasteiger partial charge in [0.2, 0.25) is 0 Å². The fourth-order valence-corrected chi connectivity index (χ4v) is 1.46. The van der Waals surface area contributed by atoms with Crippen molar-refractivity contribution < 1.29 is 0 Å². The summed E-state index contributed by atoms with van der Waals surface area (Å²) >= 11 is 9.05. The van der Waals surface area contributed by atoms with E-state index in [0.717, 1.165) is 22.5 Å². The van der Waals surface area contributed by atoms with Crippen LogP contribution in [0.5, 0.6) is 0 Å². The predicted molar refractivity (Wildman–Crippen MR) is 60.7 cm³/mol. The molecule has 4 heteroatoms. The van der Waals surface area contributed by atoms with Crippen molar-refractivity contribution in [2.45, 2.75) is 6.92 Å². The Morgan fingerprint density at radius 3 is 2.77 bits per heavy atom. The van der Waals surface area contributed by atoms with Gasteiger partial charge in [0, 0.05) is 23.9 Å². The Morgan fingerprint density at radius 2 is 2.23 bits per heavy atom. The van der Waals surface area contributed by atoms with Gasteiger partial charge in [0.25, 0.3) is 0 Å². The quantitative estimate of drug-likeness (QED) is 0.780. The largest absolute Gasteiger partial charge is 0.358 e. The van der Waals surface area contributed by atoms with Crippen molar-refractivity contribution in [2.24, 2.45) is 0 Å². The van der Waals surface area contributed by atoms with Crippen LogP contribution in [0.2, 0.25) is 0 Å². The number of aryl methyl sites for hydroxylation is 1. The lowest BCUT2D eigenvalue weighted by molar-refractivity contribution is 0.933. The molecular weight excluding hydrogens is 251 g/mol. The molecule has 72 valence electrons. The second-order valence-corrected chi connectivity index (χ2v) is 4.08. The molecule has 0 atom stereocenters. The van der Waals surface area contributed by atoms with E-state index in [1.165, 1.54) is 0 Å².